The van der Waals surface area contributed by atoms with Crippen molar-refractivity contribution in [2.45, 2.75) is 32.6 Å². The van der Waals surface area contributed by atoms with Crippen molar-refractivity contribution in [3.05, 3.63) is 23.8 Å². The topological polar surface area (TPSA) is 58.1 Å². The minimum atomic E-state index is 0. The summed E-state index contributed by atoms with van der Waals surface area (Å²) >= 11 is 0. The van der Waals surface area contributed by atoms with Crippen molar-refractivity contribution in [2.24, 2.45) is 4.99 Å². The average molecular weight is 490 g/mol. The smallest absolute Gasteiger partial charge is 0.191 e. The molecular formula is C20H35IN4O2. The van der Waals surface area contributed by atoms with Gasteiger partial charge in [-0.3, -0.25) is 4.99 Å². The summed E-state index contributed by atoms with van der Waals surface area (Å²) < 4.78 is 10.6. The standard InChI is InChI=1S/C20H34N4O2.HI/c1-4-21-20(22-11-7-15-24-13-5-6-14-24)23-12-10-17-8-9-18(25-2)19(16-17)26-3;/h8-9,16H,4-7,10-15H2,1-3H3,(H2,21,22,23);1H. The monoisotopic (exact) mass is 490 g/mol. The zero-order valence-corrected chi connectivity index (χ0v) is 19.3. The Balaban J connectivity index is 0.00000364. The fraction of sp³-hybridized carbons (Fsp3) is 0.650. The Labute approximate surface area is 181 Å². The maximum absolute atomic E-state index is 5.37. The van der Waals surface area contributed by atoms with Gasteiger partial charge in [0.15, 0.2) is 17.5 Å². The van der Waals surface area contributed by atoms with Gasteiger partial charge < -0.3 is 25.0 Å². The summed E-state index contributed by atoms with van der Waals surface area (Å²) in [7, 11) is 3.32. The third-order valence-corrected chi connectivity index (χ3v) is 4.60. The van der Waals surface area contributed by atoms with Gasteiger partial charge in [-0.15, -0.1) is 24.0 Å². The molecular weight excluding hydrogens is 455 g/mol. The molecule has 1 fully saturated rings. The maximum Gasteiger partial charge on any atom is 0.191 e. The summed E-state index contributed by atoms with van der Waals surface area (Å²) in [6.45, 7) is 8.33. The molecule has 1 aliphatic heterocycles. The van der Waals surface area contributed by atoms with E-state index in [2.05, 4.69) is 33.5 Å². The minimum absolute atomic E-state index is 0. The van der Waals surface area contributed by atoms with Crippen LogP contribution in [0, 0.1) is 0 Å². The van der Waals surface area contributed by atoms with Crippen LogP contribution in [0.1, 0.15) is 31.7 Å². The van der Waals surface area contributed by atoms with E-state index < -0.39 is 0 Å². The number of hydrogen-bond acceptors (Lipinski definition) is 4. The van der Waals surface area contributed by atoms with Crippen LogP contribution in [0.15, 0.2) is 23.2 Å². The Morgan fingerprint density at radius 2 is 1.85 bits per heavy atom. The largest absolute Gasteiger partial charge is 0.493 e. The lowest BCUT2D eigenvalue weighted by atomic mass is 10.1. The van der Waals surface area contributed by atoms with Gasteiger partial charge in [0.2, 0.25) is 0 Å². The normalized spacial score (nSPS) is 14.6. The van der Waals surface area contributed by atoms with Crippen LogP contribution in [0.5, 0.6) is 11.5 Å². The fourth-order valence-corrected chi connectivity index (χ4v) is 3.19. The van der Waals surface area contributed by atoms with Crippen LogP contribution in [0.2, 0.25) is 0 Å². The van der Waals surface area contributed by atoms with Crippen molar-refractivity contribution in [3.8, 4) is 11.5 Å². The Bertz CT molecular complexity index is 563. The SMILES string of the molecule is CCNC(=NCCCN1CCCC1)NCCc1ccc(OC)c(OC)c1.I. The zero-order valence-electron chi connectivity index (χ0n) is 16.9. The second-order valence-electron chi connectivity index (χ2n) is 6.53. The van der Waals surface area contributed by atoms with E-state index in [1.165, 1.54) is 31.5 Å². The van der Waals surface area contributed by atoms with Crippen LogP contribution in [0.25, 0.3) is 0 Å². The van der Waals surface area contributed by atoms with Crippen molar-refractivity contribution < 1.29 is 9.47 Å². The van der Waals surface area contributed by atoms with Gasteiger partial charge >= 0.3 is 0 Å². The van der Waals surface area contributed by atoms with Crippen LogP contribution in [-0.4, -0.2) is 64.3 Å². The molecule has 27 heavy (non-hydrogen) atoms. The summed E-state index contributed by atoms with van der Waals surface area (Å²) in [5.41, 5.74) is 1.21. The highest BCUT2D eigenvalue weighted by molar-refractivity contribution is 14.0. The Kier molecular flexibility index (Phi) is 12.2. The summed E-state index contributed by atoms with van der Waals surface area (Å²) in [6.07, 6.45) is 4.72. The van der Waals surface area contributed by atoms with E-state index in [0.29, 0.717) is 0 Å². The highest BCUT2D eigenvalue weighted by Crippen LogP contribution is 2.27. The fourth-order valence-electron chi connectivity index (χ4n) is 3.19. The van der Waals surface area contributed by atoms with Crippen molar-refractivity contribution in [1.29, 1.82) is 0 Å². The van der Waals surface area contributed by atoms with E-state index in [4.69, 9.17) is 9.47 Å². The zero-order chi connectivity index (χ0) is 18.6. The number of ether oxygens (including phenoxy) is 2. The van der Waals surface area contributed by atoms with Crippen molar-refractivity contribution in [3.63, 3.8) is 0 Å². The number of hydrogen-bond donors (Lipinski definition) is 2. The van der Waals surface area contributed by atoms with Gasteiger partial charge in [0.05, 0.1) is 14.2 Å². The molecule has 0 radical (unpaired) electrons. The molecule has 2 rings (SSSR count). The van der Waals surface area contributed by atoms with E-state index in [1.807, 2.05) is 12.1 Å². The molecule has 154 valence electrons. The van der Waals surface area contributed by atoms with Gasteiger partial charge in [-0.05, 0) is 69.9 Å². The predicted molar refractivity (Wildman–Crippen MR) is 123 cm³/mol. The summed E-state index contributed by atoms with van der Waals surface area (Å²) in [6, 6.07) is 6.05. The number of nitrogens with zero attached hydrogens (tertiary/aromatic N) is 2. The number of likely N-dealkylation sites (tertiary alicyclic amines) is 1. The van der Waals surface area contributed by atoms with E-state index in [-0.39, 0.29) is 24.0 Å². The molecule has 6 nitrogen and oxygen atoms in total. The molecule has 0 saturated carbocycles. The summed E-state index contributed by atoms with van der Waals surface area (Å²) in [5.74, 6) is 2.43. The molecule has 0 unspecified atom stereocenters. The van der Waals surface area contributed by atoms with Gasteiger partial charge in [-0.2, -0.15) is 0 Å². The molecule has 0 spiro atoms. The number of rotatable bonds is 10. The van der Waals surface area contributed by atoms with Gasteiger partial charge in [0, 0.05) is 19.6 Å². The first kappa shape index (κ1) is 23.8. The Hall–Kier alpha value is -1.22. The Morgan fingerprint density at radius 3 is 2.52 bits per heavy atom. The number of nitrogens with one attached hydrogen (secondary N) is 2. The predicted octanol–water partition coefficient (Wildman–Crippen LogP) is 2.91. The molecule has 1 heterocycles. The van der Waals surface area contributed by atoms with E-state index in [0.717, 1.165) is 56.5 Å². The highest BCUT2D eigenvalue weighted by atomic mass is 127. The van der Waals surface area contributed by atoms with Crippen LogP contribution in [0.4, 0.5) is 0 Å². The number of guanidine groups is 1. The van der Waals surface area contributed by atoms with Gasteiger partial charge in [0.25, 0.3) is 0 Å². The van der Waals surface area contributed by atoms with E-state index in [1.54, 1.807) is 14.2 Å². The molecule has 0 aromatic heterocycles. The van der Waals surface area contributed by atoms with E-state index in [9.17, 15) is 0 Å². The number of aliphatic imine (C=N–C) groups is 1. The van der Waals surface area contributed by atoms with Gasteiger partial charge in [-0.1, -0.05) is 6.07 Å². The molecule has 1 aromatic rings. The summed E-state index contributed by atoms with van der Waals surface area (Å²) in [4.78, 5) is 7.22. The minimum Gasteiger partial charge on any atom is -0.493 e. The number of benzene rings is 1. The molecule has 0 amide bonds. The molecule has 1 aromatic carbocycles. The lowest BCUT2D eigenvalue weighted by Gasteiger charge is -2.14. The van der Waals surface area contributed by atoms with Gasteiger partial charge in [0.1, 0.15) is 0 Å². The molecule has 1 aliphatic rings. The molecule has 2 N–H and O–H groups in total. The molecule has 7 heteroatoms. The van der Waals surface area contributed by atoms with Crippen molar-refractivity contribution >= 4 is 29.9 Å². The number of halogens is 1. The molecule has 0 aliphatic carbocycles. The molecule has 0 atom stereocenters. The van der Waals surface area contributed by atoms with Crippen molar-refractivity contribution in [1.82, 2.24) is 15.5 Å². The second-order valence-corrected chi connectivity index (χ2v) is 6.53. The third kappa shape index (κ3) is 8.55. The van der Waals surface area contributed by atoms with Crippen molar-refractivity contribution in [2.75, 3.05) is 53.5 Å². The number of methoxy groups -OCH3 is 2. The quantitative estimate of drug-likeness (QED) is 0.229. The Morgan fingerprint density at radius 1 is 1.11 bits per heavy atom. The van der Waals surface area contributed by atoms with Crippen LogP contribution < -0.4 is 20.1 Å². The lowest BCUT2D eigenvalue weighted by Crippen LogP contribution is -2.38. The first-order valence-electron chi connectivity index (χ1n) is 9.72. The van der Waals surface area contributed by atoms with Crippen LogP contribution in [0.3, 0.4) is 0 Å². The first-order chi connectivity index (χ1) is 12.8. The van der Waals surface area contributed by atoms with E-state index >= 15 is 0 Å². The molecule has 1 saturated heterocycles. The first-order valence-corrected chi connectivity index (χ1v) is 9.72. The van der Waals surface area contributed by atoms with Crippen LogP contribution in [-0.2, 0) is 6.42 Å². The van der Waals surface area contributed by atoms with Gasteiger partial charge in [-0.25, -0.2) is 0 Å². The highest BCUT2D eigenvalue weighted by Gasteiger charge is 2.10. The maximum atomic E-state index is 5.37. The second kappa shape index (κ2) is 13.9. The lowest BCUT2D eigenvalue weighted by molar-refractivity contribution is 0.336. The summed E-state index contributed by atoms with van der Waals surface area (Å²) in [5, 5.41) is 6.74. The average Bonchev–Trinajstić information content (AvgIpc) is 3.18. The molecule has 0 bridgehead atoms. The van der Waals surface area contributed by atoms with Crippen LogP contribution >= 0.6 is 24.0 Å². The third-order valence-electron chi connectivity index (χ3n) is 4.60.